The van der Waals surface area contributed by atoms with Crippen molar-refractivity contribution in [1.82, 2.24) is 19.1 Å². The van der Waals surface area contributed by atoms with Crippen LogP contribution in [0.2, 0.25) is 0 Å². The van der Waals surface area contributed by atoms with Crippen molar-refractivity contribution in [3.05, 3.63) is 17.2 Å². The molecule has 0 saturated heterocycles. The molecule has 0 radical (unpaired) electrons. The Bertz CT molecular complexity index is 470. The number of anilines is 1. The van der Waals surface area contributed by atoms with E-state index >= 15 is 0 Å². The molecule has 2 aromatic rings. The fourth-order valence-corrected chi connectivity index (χ4v) is 1.90. The molecule has 0 amide bonds. The van der Waals surface area contributed by atoms with E-state index in [-0.39, 0.29) is 0 Å². The van der Waals surface area contributed by atoms with Crippen molar-refractivity contribution in [3.8, 4) is 5.13 Å². The highest BCUT2D eigenvalue weighted by molar-refractivity contribution is 7.08. The molecule has 2 heterocycles. The van der Waals surface area contributed by atoms with E-state index in [9.17, 15) is 0 Å². The lowest BCUT2D eigenvalue weighted by Gasteiger charge is -1.96. The van der Waals surface area contributed by atoms with E-state index in [1.807, 2.05) is 20.8 Å². The molecule has 0 spiro atoms. The molecule has 14 heavy (non-hydrogen) atoms. The minimum Gasteiger partial charge on any atom is -0.396 e. The Morgan fingerprint density at radius 3 is 2.43 bits per heavy atom. The van der Waals surface area contributed by atoms with Crippen LogP contribution in [-0.2, 0) is 0 Å². The van der Waals surface area contributed by atoms with Crippen LogP contribution in [0.15, 0.2) is 0 Å². The summed E-state index contributed by atoms with van der Waals surface area (Å²) >= 11 is 1.32. The highest BCUT2D eigenvalue weighted by Gasteiger charge is 2.12. The molecule has 2 aromatic heterocycles. The third kappa shape index (κ3) is 1.27. The summed E-state index contributed by atoms with van der Waals surface area (Å²) < 4.78 is 5.83. The molecule has 0 aliphatic rings. The number of aryl methyl sites for hydroxylation is 2. The van der Waals surface area contributed by atoms with Crippen molar-refractivity contribution < 1.29 is 0 Å². The second-order valence-corrected chi connectivity index (χ2v) is 3.85. The maximum absolute atomic E-state index is 5.82. The normalized spacial score (nSPS) is 10.8. The Balaban J connectivity index is 2.57. The molecule has 0 bridgehead atoms. The molecular formula is C8H11N5S. The van der Waals surface area contributed by atoms with Crippen molar-refractivity contribution in [2.24, 2.45) is 0 Å². The van der Waals surface area contributed by atoms with E-state index in [0.29, 0.717) is 0 Å². The average Bonchev–Trinajstić information content (AvgIpc) is 2.66. The van der Waals surface area contributed by atoms with Gasteiger partial charge in [0.2, 0.25) is 5.13 Å². The second kappa shape index (κ2) is 3.06. The van der Waals surface area contributed by atoms with Gasteiger partial charge in [0.1, 0.15) is 5.82 Å². The first kappa shape index (κ1) is 9.14. The van der Waals surface area contributed by atoms with Gasteiger partial charge in [0.05, 0.1) is 17.1 Å². The number of nitrogens with zero attached hydrogens (tertiary/aromatic N) is 4. The Morgan fingerprint density at radius 2 is 2.00 bits per heavy atom. The Labute approximate surface area is 85.8 Å². The van der Waals surface area contributed by atoms with Crippen LogP contribution in [0.1, 0.15) is 17.2 Å². The first-order valence-corrected chi connectivity index (χ1v) is 4.99. The SMILES string of the molecule is Cc1nsc(-n2nc(C)c(N)c2C)n1. The third-order valence-electron chi connectivity index (χ3n) is 2.05. The standard InChI is InChI=1S/C8H11N5S/c1-4-7(9)5(2)13(11-4)8-10-6(3)12-14-8/h9H2,1-3H3. The third-order valence-corrected chi connectivity index (χ3v) is 2.83. The number of nitrogens with two attached hydrogens (primary N) is 1. The molecule has 0 saturated carbocycles. The van der Waals surface area contributed by atoms with Crippen LogP contribution in [0.5, 0.6) is 0 Å². The summed E-state index contributed by atoms with van der Waals surface area (Å²) in [6.07, 6.45) is 0. The van der Waals surface area contributed by atoms with E-state index in [0.717, 1.165) is 28.0 Å². The maximum Gasteiger partial charge on any atom is 0.230 e. The summed E-state index contributed by atoms with van der Waals surface area (Å²) in [6, 6.07) is 0. The zero-order chi connectivity index (χ0) is 10.3. The number of nitrogen functional groups attached to an aromatic ring is 1. The summed E-state index contributed by atoms with van der Waals surface area (Å²) in [5.41, 5.74) is 8.28. The topological polar surface area (TPSA) is 69.6 Å². The van der Waals surface area contributed by atoms with Crippen molar-refractivity contribution >= 4 is 17.2 Å². The Hall–Kier alpha value is -1.43. The lowest BCUT2D eigenvalue weighted by molar-refractivity contribution is 0.821. The Morgan fingerprint density at radius 1 is 1.29 bits per heavy atom. The van der Waals surface area contributed by atoms with Crippen molar-refractivity contribution in [2.75, 3.05) is 5.73 Å². The van der Waals surface area contributed by atoms with Crippen molar-refractivity contribution in [2.45, 2.75) is 20.8 Å². The fraction of sp³-hybridized carbons (Fsp3) is 0.375. The molecule has 2 N–H and O–H groups in total. The number of rotatable bonds is 1. The molecule has 0 aliphatic heterocycles. The predicted octanol–water partition coefficient (Wildman–Crippen LogP) is 1.23. The summed E-state index contributed by atoms with van der Waals surface area (Å²) in [5.74, 6) is 0.760. The molecule has 0 unspecified atom stereocenters. The van der Waals surface area contributed by atoms with Gasteiger partial charge < -0.3 is 5.73 Å². The zero-order valence-electron chi connectivity index (χ0n) is 8.27. The number of hydrogen-bond donors (Lipinski definition) is 1. The quantitative estimate of drug-likeness (QED) is 0.767. The van der Waals surface area contributed by atoms with Gasteiger partial charge in [-0.3, -0.25) is 0 Å². The van der Waals surface area contributed by atoms with Crippen LogP contribution in [-0.4, -0.2) is 19.1 Å². The smallest absolute Gasteiger partial charge is 0.230 e. The molecule has 2 rings (SSSR count). The van der Waals surface area contributed by atoms with E-state index in [1.54, 1.807) is 4.68 Å². The van der Waals surface area contributed by atoms with Crippen LogP contribution >= 0.6 is 11.5 Å². The van der Waals surface area contributed by atoms with E-state index in [2.05, 4.69) is 14.5 Å². The molecule has 5 nitrogen and oxygen atoms in total. The van der Waals surface area contributed by atoms with Gasteiger partial charge in [-0.15, -0.1) is 0 Å². The van der Waals surface area contributed by atoms with Gasteiger partial charge in [-0.1, -0.05) is 0 Å². The summed E-state index contributed by atoms with van der Waals surface area (Å²) in [7, 11) is 0. The van der Waals surface area contributed by atoms with Gasteiger partial charge in [0, 0.05) is 11.5 Å². The van der Waals surface area contributed by atoms with Gasteiger partial charge in [0.25, 0.3) is 0 Å². The molecule has 0 fully saturated rings. The van der Waals surface area contributed by atoms with Crippen LogP contribution < -0.4 is 5.73 Å². The molecule has 0 aromatic carbocycles. The lowest BCUT2D eigenvalue weighted by Crippen LogP contribution is -1.98. The first-order chi connectivity index (χ1) is 6.59. The van der Waals surface area contributed by atoms with Crippen LogP contribution in [0.4, 0.5) is 5.69 Å². The molecule has 0 atom stereocenters. The highest BCUT2D eigenvalue weighted by atomic mass is 32.1. The minimum absolute atomic E-state index is 0.720. The van der Waals surface area contributed by atoms with Crippen molar-refractivity contribution in [3.63, 3.8) is 0 Å². The van der Waals surface area contributed by atoms with Gasteiger partial charge in [0.15, 0.2) is 0 Å². The van der Waals surface area contributed by atoms with Crippen LogP contribution in [0, 0.1) is 20.8 Å². The van der Waals surface area contributed by atoms with Gasteiger partial charge in [-0.25, -0.2) is 9.67 Å². The molecule has 74 valence electrons. The summed E-state index contributed by atoms with van der Waals surface area (Å²) in [4.78, 5) is 4.25. The number of hydrogen-bond acceptors (Lipinski definition) is 5. The lowest BCUT2D eigenvalue weighted by atomic mass is 10.3. The minimum atomic E-state index is 0.720. The van der Waals surface area contributed by atoms with E-state index in [1.165, 1.54) is 11.5 Å². The molecule has 6 heteroatoms. The van der Waals surface area contributed by atoms with Crippen LogP contribution in [0.25, 0.3) is 5.13 Å². The monoisotopic (exact) mass is 209 g/mol. The van der Waals surface area contributed by atoms with Gasteiger partial charge >= 0.3 is 0 Å². The second-order valence-electron chi connectivity index (χ2n) is 3.12. The summed E-state index contributed by atoms with van der Waals surface area (Å²) in [6.45, 7) is 5.66. The summed E-state index contributed by atoms with van der Waals surface area (Å²) in [5, 5.41) is 5.06. The average molecular weight is 209 g/mol. The zero-order valence-corrected chi connectivity index (χ0v) is 9.09. The molecule has 0 aliphatic carbocycles. The maximum atomic E-state index is 5.82. The van der Waals surface area contributed by atoms with Crippen molar-refractivity contribution in [1.29, 1.82) is 0 Å². The molecular weight excluding hydrogens is 198 g/mol. The van der Waals surface area contributed by atoms with Gasteiger partial charge in [-0.2, -0.15) is 9.47 Å². The van der Waals surface area contributed by atoms with Gasteiger partial charge in [-0.05, 0) is 20.8 Å². The fourth-order valence-electron chi connectivity index (χ4n) is 1.21. The van der Waals surface area contributed by atoms with Crippen LogP contribution in [0.3, 0.4) is 0 Å². The first-order valence-electron chi connectivity index (χ1n) is 4.22. The number of aromatic nitrogens is 4. The predicted molar refractivity (Wildman–Crippen MR) is 55.7 cm³/mol. The Kier molecular flexibility index (Phi) is 1.99. The highest BCUT2D eigenvalue weighted by Crippen LogP contribution is 2.20. The van der Waals surface area contributed by atoms with E-state index in [4.69, 9.17) is 5.73 Å². The van der Waals surface area contributed by atoms with E-state index < -0.39 is 0 Å². The largest absolute Gasteiger partial charge is 0.396 e.